The van der Waals surface area contributed by atoms with E-state index in [0.717, 1.165) is 4.31 Å². The van der Waals surface area contributed by atoms with Crippen molar-refractivity contribution in [2.24, 2.45) is 0 Å². The molecule has 0 unspecified atom stereocenters. The SMILES string of the molecule is C=CCN(C)S(=O)(=O)c1cccnc1N. The van der Waals surface area contributed by atoms with Crippen molar-refractivity contribution in [3.63, 3.8) is 0 Å². The summed E-state index contributed by atoms with van der Waals surface area (Å²) in [7, 11) is -2.10. The summed E-state index contributed by atoms with van der Waals surface area (Å²) in [5.41, 5.74) is 5.50. The fourth-order valence-electron chi connectivity index (χ4n) is 1.07. The largest absolute Gasteiger partial charge is 0.383 e. The van der Waals surface area contributed by atoms with Gasteiger partial charge in [0.25, 0.3) is 0 Å². The molecular formula is C9H13N3O2S. The zero-order valence-corrected chi connectivity index (χ0v) is 9.24. The van der Waals surface area contributed by atoms with Crippen LogP contribution in [0.3, 0.4) is 0 Å². The van der Waals surface area contributed by atoms with Crippen molar-refractivity contribution in [2.75, 3.05) is 19.3 Å². The molecule has 2 N–H and O–H groups in total. The molecule has 0 radical (unpaired) electrons. The van der Waals surface area contributed by atoms with E-state index in [1.807, 2.05) is 0 Å². The Morgan fingerprint density at radius 1 is 1.67 bits per heavy atom. The predicted molar refractivity (Wildman–Crippen MR) is 58.7 cm³/mol. The lowest BCUT2D eigenvalue weighted by molar-refractivity contribution is 0.499. The van der Waals surface area contributed by atoms with Gasteiger partial charge in [-0.05, 0) is 12.1 Å². The van der Waals surface area contributed by atoms with Crippen LogP contribution in [0, 0.1) is 0 Å². The van der Waals surface area contributed by atoms with Gasteiger partial charge in [-0.1, -0.05) is 6.08 Å². The zero-order chi connectivity index (χ0) is 11.5. The molecule has 1 heterocycles. The van der Waals surface area contributed by atoms with Crippen LogP contribution in [0.15, 0.2) is 35.9 Å². The van der Waals surface area contributed by atoms with Crippen LogP contribution < -0.4 is 5.73 Å². The van der Waals surface area contributed by atoms with Gasteiger partial charge in [0.15, 0.2) is 0 Å². The lowest BCUT2D eigenvalue weighted by Crippen LogP contribution is -2.27. The van der Waals surface area contributed by atoms with E-state index in [9.17, 15) is 8.42 Å². The molecule has 6 heteroatoms. The molecule has 0 aromatic carbocycles. The van der Waals surface area contributed by atoms with Gasteiger partial charge in [0.2, 0.25) is 10.0 Å². The first-order chi connectivity index (χ1) is 7.00. The standard InChI is InChI=1S/C9H13N3O2S/c1-3-7-12(2)15(13,14)8-5-4-6-11-9(8)10/h3-6H,1,7H2,2H3,(H2,10,11). The van der Waals surface area contributed by atoms with E-state index in [0.29, 0.717) is 0 Å². The van der Waals surface area contributed by atoms with Gasteiger partial charge in [-0.15, -0.1) is 6.58 Å². The van der Waals surface area contributed by atoms with Crippen molar-refractivity contribution in [3.05, 3.63) is 31.0 Å². The summed E-state index contributed by atoms with van der Waals surface area (Å²) in [4.78, 5) is 3.76. The van der Waals surface area contributed by atoms with E-state index >= 15 is 0 Å². The van der Waals surface area contributed by atoms with E-state index < -0.39 is 10.0 Å². The molecule has 82 valence electrons. The Bertz CT molecular complexity index is 456. The highest BCUT2D eigenvalue weighted by Crippen LogP contribution is 2.18. The molecule has 0 bridgehead atoms. The molecule has 0 amide bonds. The fraction of sp³-hybridized carbons (Fsp3) is 0.222. The smallest absolute Gasteiger partial charge is 0.246 e. The fourth-order valence-corrected chi connectivity index (χ4v) is 2.27. The summed E-state index contributed by atoms with van der Waals surface area (Å²) in [6.07, 6.45) is 2.95. The van der Waals surface area contributed by atoms with Gasteiger partial charge in [0.1, 0.15) is 10.7 Å². The van der Waals surface area contributed by atoms with Crippen LogP contribution in [-0.4, -0.2) is 31.3 Å². The third-order valence-electron chi connectivity index (χ3n) is 1.87. The Balaban J connectivity index is 3.17. The highest BCUT2D eigenvalue weighted by atomic mass is 32.2. The molecule has 15 heavy (non-hydrogen) atoms. The second-order valence-corrected chi connectivity index (χ2v) is 4.97. The highest BCUT2D eigenvalue weighted by molar-refractivity contribution is 7.89. The minimum atomic E-state index is -3.56. The van der Waals surface area contributed by atoms with Gasteiger partial charge >= 0.3 is 0 Å². The van der Waals surface area contributed by atoms with Crippen LogP contribution in [0.4, 0.5) is 5.82 Å². The van der Waals surface area contributed by atoms with Gasteiger partial charge in [0.05, 0.1) is 0 Å². The summed E-state index contributed by atoms with van der Waals surface area (Å²) < 4.78 is 25.0. The van der Waals surface area contributed by atoms with Crippen LogP contribution in [0.25, 0.3) is 0 Å². The molecule has 1 rings (SSSR count). The molecule has 0 saturated carbocycles. The molecule has 0 aliphatic carbocycles. The maximum absolute atomic E-state index is 11.9. The van der Waals surface area contributed by atoms with Gasteiger partial charge in [-0.25, -0.2) is 13.4 Å². The molecule has 5 nitrogen and oxygen atoms in total. The molecular weight excluding hydrogens is 214 g/mol. The summed E-state index contributed by atoms with van der Waals surface area (Å²) in [6.45, 7) is 3.71. The first-order valence-corrected chi connectivity index (χ1v) is 5.72. The van der Waals surface area contributed by atoms with Crippen molar-refractivity contribution in [3.8, 4) is 0 Å². The van der Waals surface area contributed by atoms with Gasteiger partial charge in [-0.3, -0.25) is 0 Å². The van der Waals surface area contributed by atoms with Crippen LogP contribution in [0.5, 0.6) is 0 Å². The number of aromatic nitrogens is 1. The molecule has 0 aliphatic rings. The molecule has 0 atom stereocenters. The number of anilines is 1. The molecule has 1 aromatic heterocycles. The second-order valence-electron chi connectivity index (χ2n) is 2.96. The summed E-state index contributed by atoms with van der Waals surface area (Å²) in [5.74, 6) is 0.00779. The number of rotatable bonds is 4. The average Bonchev–Trinajstić information content (AvgIpc) is 2.18. The maximum Gasteiger partial charge on any atom is 0.246 e. The maximum atomic E-state index is 11.9. The van der Waals surface area contributed by atoms with Gasteiger partial charge in [0, 0.05) is 19.8 Å². The first-order valence-electron chi connectivity index (χ1n) is 4.28. The van der Waals surface area contributed by atoms with E-state index in [4.69, 9.17) is 5.73 Å². The lowest BCUT2D eigenvalue weighted by atomic mass is 10.5. The first kappa shape index (κ1) is 11.7. The Labute approximate surface area is 89.3 Å². The lowest BCUT2D eigenvalue weighted by Gasteiger charge is -2.15. The number of pyridine rings is 1. The molecule has 0 fully saturated rings. The van der Waals surface area contributed by atoms with Crippen LogP contribution in [0.1, 0.15) is 0 Å². The number of sulfonamides is 1. The van der Waals surface area contributed by atoms with E-state index in [1.54, 1.807) is 0 Å². The number of nitrogens with zero attached hydrogens (tertiary/aromatic N) is 2. The third kappa shape index (κ3) is 2.34. The van der Waals surface area contributed by atoms with Crippen LogP contribution in [-0.2, 0) is 10.0 Å². The second kappa shape index (κ2) is 4.41. The minimum Gasteiger partial charge on any atom is -0.383 e. The average molecular weight is 227 g/mol. The predicted octanol–water partition coefficient (Wildman–Crippen LogP) is 0.470. The van der Waals surface area contributed by atoms with Crippen molar-refractivity contribution >= 4 is 15.8 Å². The summed E-state index contributed by atoms with van der Waals surface area (Å²) >= 11 is 0. The topological polar surface area (TPSA) is 76.3 Å². The van der Waals surface area contributed by atoms with Crippen molar-refractivity contribution in [1.29, 1.82) is 0 Å². The monoisotopic (exact) mass is 227 g/mol. The van der Waals surface area contributed by atoms with Crippen LogP contribution in [0.2, 0.25) is 0 Å². The molecule has 0 saturated heterocycles. The zero-order valence-electron chi connectivity index (χ0n) is 8.42. The normalized spacial score (nSPS) is 11.6. The summed E-state index contributed by atoms with van der Waals surface area (Å²) in [6, 6.07) is 2.96. The number of hydrogen-bond acceptors (Lipinski definition) is 4. The quantitative estimate of drug-likeness (QED) is 0.759. The van der Waals surface area contributed by atoms with Crippen molar-refractivity contribution in [1.82, 2.24) is 9.29 Å². The minimum absolute atomic E-state index is 0.00779. The molecule has 0 spiro atoms. The summed E-state index contributed by atoms with van der Waals surface area (Å²) in [5, 5.41) is 0. The van der Waals surface area contributed by atoms with E-state index in [2.05, 4.69) is 11.6 Å². The molecule has 1 aromatic rings. The van der Waals surface area contributed by atoms with Crippen LogP contribution >= 0.6 is 0 Å². The third-order valence-corrected chi connectivity index (χ3v) is 3.74. The van der Waals surface area contributed by atoms with E-state index in [-0.39, 0.29) is 17.3 Å². The Hall–Kier alpha value is -1.40. The Morgan fingerprint density at radius 3 is 2.87 bits per heavy atom. The number of nitrogen functional groups attached to an aromatic ring is 1. The van der Waals surface area contributed by atoms with Gasteiger partial charge in [-0.2, -0.15) is 4.31 Å². The number of nitrogens with two attached hydrogens (primary N) is 1. The van der Waals surface area contributed by atoms with Gasteiger partial charge < -0.3 is 5.73 Å². The number of likely N-dealkylation sites (N-methyl/N-ethyl adjacent to an activating group) is 1. The Kier molecular flexibility index (Phi) is 3.43. The Morgan fingerprint density at radius 2 is 2.33 bits per heavy atom. The van der Waals surface area contributed by atoms with Crippen molar-refractivity contribution in [2.45, 2.75) is 4.90 Å². The number of hydrogen-bond donors (Lipinski definition) is 1. The van der Waals surface area contributed by atoms with Crippen molar-refractivity contribution < 1.29 is 8.42 Å². The molecule has 0 aliphatic heterocycles. The highest BCUT2D eigenvalue weighted by Gasteiger charge is 2.22. The van der Waals surface area contributed by atoms with E-state index in [1.165, 1.54) is 31.5 Å².